The van der Waals surface area contributed by atoms with Gasteiger partial charge in [-0.1, -0.05) is 43.7 Å². The van der Waals surface area contributed by atoms with Crippen molar-refractivity contribution >= 4 is 12.1 Å². The fraction of sp³-hybridized carbons (Fsp3) is 0.467. The monoisotopic (exact) mass is 279 g/mol. The first kappa shape index (κ1) is 16.0. The molecule has 0 fully saturated rings. The van der Waals surface area contributed by atoms with Gasteiger partial charge in [0.05, 0.1) is 6.04 Å². The third-order valence-electron chi connectivity index (χ3n) is 2.66. The number of rotatable bonds is 7. The molecule has 1 rings (SSSR count). The van der Waals surface area contributed by atoms with Gasteiger partial charge in [-0.05, 0) is 12.0 Å². The van der Waals surface area contributed by atoms with Crippen LogP contribution in [0.1, 0.15) is 32.3 Å². The van der Waals surface area contributed by atoms with Crippen LogP contribution in [0.4, 0.5) is 4.79 Å². The Bertz CT molecular complexity index is 419. The standard InChI is InChI=1S/C15H21NO4/c1-3-7-14(11-19-12(2)17)16-15(18)20-10-13-8-5-4-6-9-13/h4-6,8-9,14H,3,7,10-11H2,1-2H3,(H,16,18). The van der Waals surface area contributed by atoms with E-state index in [0.29, 0.717) is 0 Å². The Balaban J connectivity index is 2.35. The summed E-state index contributed by atoms with van der Waals surface area (Å²) in [5, 5.41) is 2.71. The van der Waals surface area contributed by atoms with Gasteiger partial charge in [0, 0.05) is 6.92 Å². The molecular weight excluding hydrogens is 258 g/mol. The molecule has 1 aromatic rings. The van der Waals surface area contributed by atoms with Crippen LogP contribution >= 0.6 is 0 Å². The first-order valence-corrected chi connectivity index (χ1v) is 6.72. The summed E-state index contributed by atoms with van der Waals surface area (Å²) in [5.41, 5.74) is 0.926. The van der Waals surface area contributed by atoms with Crippen molar-refractivity contribution in [2.45, 2.75) is 39.3 Å². The molecule has 0 saturated heterocycles. The minimum absolute atomic E-state index is 0.170. The molecule has 1 N–H and O–H groups in total. The van der Waals surface area contributed by atoms with Crippen molar-refractivity contribution in [1.82, 2.24) is 5.32 Å². The quantitative estimate of drug-likeness (QED) is 0.779. The van der Waals surface area contributed by atoms with Crippen molar-refractivity contribution in [1.29, 1.82) is 0 Å². The molecule has 0 aliphatic rings. The zero-order valence-electron chi connectivity index (χ0n) is 11.9. The topological polar surface area (TPSA) is 64.6 Å². The van der Waals surface area contributed by atoms with Crippen molar-refractivity contribution in [3.63, 3.8) is 0 Å². The molecule has 0 aliphatic heterocycles. The second kappa shape index (κ2) is 8.96. The third kappa shape index (κ3) is 6.78. The van der Waals surface area contributed by atoms with E-state index >= 15 is 0 Å². The SMILES string of the molecule is CCCC(COC(C)=O)NC(=O)OCc1ccccc1. The van der Waals surface area contributed by atoms with Crippen molar-refractivity contribution in [2.75, 3.05) is 6.61 Å². The molecule has 20 heavy (non-hydrogen) atoms. The molecule has 0 aliphatic carbocycles. The van der Waals surface area contributed by atoms with E-state index in [4.69, 9.17) is 9.47 Å². The summed E-state index contributed by atoms with van der Waals surface area (Å²) in [5.74, 6) is -0.356. The average molecular weight is 279 g/mol. The normalized spacial score (nSPS) is 11.5. The van der Waals surface area contributed by atoms with Crippen LogP contribution in [0.15, 0.2) is 30.3 Å². The minimum Gasteiger partial charge on any atom is -0.464 e. The number of carbonyl (C=O) groups excluding carboxylic acids is 2. The van der Waals surface area contributed by atoms with E-state index in [2.05, 4.69) is 5.32 Å². The number of alkyl carbamates (subject to hydrolysis) is 1. The fourth-order valence-corrected chi connectivity index (χ4v) is 1.70. The highest BCUT2D eigenvalue weighted by molar-refractivity contribution is 5.68. The van der Waals surface area contributed by atoms with E-state index in [0.717, 1.165) is 18.4 Å². The van der Waals surface area contributed by atoms with Crippen LogP contribution in [0.3, 0.4) is 0 Å². The van der Waals surface area contributed by atoms with Crippen LogP contribution in [-0.2, 0) is 20.9 Å². The van der Waals surface area contributed by atoms with Crippen molar-refractivity contribution < 1.29 is 19.1 Å². The number of hydrogen-bond acceptors (Lipinski definition) is 4. The van der Waals surface area contributed by atoms with E-state index in [1.54, 1.807) is 0 Å². The molecule has 0 saturated carbocycles. The molecule has 5 heteroatoms. The van der Waals surface area contributed by atoms with Crippen molar-refractivity contribution in [3.8, 4) is 0 Å². The number of hydrogen-bond donors (Lipinski definition) is 1. The highest BCUT2D eigenvalue weighted by atomic mass is 16.6. The van der Waals surface area contributed by atoms with Gasteiger partial charge < -0.3 is 14.8 Å². The van der Waals surface area contributed by atoms with Crippen LogP contribution in [-0.4, -0.2) is 24.7 Å². The molecule has 0 spiro atoms. The molecule has 0 radical (unpaired) electrons. The first-order chi connectivity index (χ1) is 9.61. The number of nitrogens with one attached hydrogen (secondary N) is 1. The van der Waals surface area contributed by atoms with Gasteiger partial charge in [0.25, 0.3) is 0 Å². The second-order valence-electron chi connectivity index (χ2n) is 4.49. The maximum absolute atomic E-state index is 11.7. The zero-order valence-corrected chi connectivity index (χ0v) is 11.9. The highest BCUT2D eigenvalue weighted by Gasteiger charge is 2.13. The maximum Gasteiger partial charge on any atom is 0.407 e. The number of ether oxygens (including phenoxy) is 2. The number of esters is 1. The molecule has 110 valence electrons. The van der Waals surface area contributed by atoms with Crippen molar-refractivity contribution in [3.05, 3.63) is 35.9 Å². The Labute approximate surface area is 119 Å². The molecule has 0 bridgehead atoms. The van der Waals surface area contributed by atoms with E-state index in [9.17, 15) is 9.59 Å². The van der Waals surface area contributed by atoms with Crippen LogP contribution < -0.4 is 5.32 Å². The lowest BCUT2D eigenvalue weighted by Gasteiger charge is -2.17. The van der Waals surface area contributed by atoms with Crippen molar-refractivity contribution in [2.24, 2.45) is 0 Å². The Morgan fingerprint density at radius 1 is 1.20 bits per heavy atom. The predicted octanol–water partition coefficient (Wildman–Crippen LogP) is 2.64. The van der Waals surface area contributed by atoms with Gasteiger partial charge in [-0.25, -0.2) is 4.79 Å². The molecule has 1 atom stereocenters. The van der Waals surface area contributed by atoms with Gasteiger partial charge >= 0.3 is 12.1 Å². The highest BCUT2D eigenvalue weighted by Crippen LogP contribution is 2.02. The third-order valence-corrected chi connectivity index (χ3v) is 2.66. The summed E-state index contributed by atoms with van der Waals surface area (Å²) in [6.07, 6.45) is 1.11. The zero-order chi connectivity index (χ0) is 14.8. The van der Waals surface area contributed by atoms with E-state index < -0.39 is 6.09 Å². The van der Waals surface area contributed by atoms with E-state index in [1.165, 1.54) is 6.92 Å². The average Bonchev–Trinajstić information content (AvgIpc) is 2.44. The predicted molar refractivity (Wildman–Crippen MR) is 75.1 cm³/mol. The van der Waals surface area contributed by atoms with Crippen LogP contribution in [0.5, 0.6) is 0 Å². The lowest BCUT2D eigenvalue weighted by Crippen LogP contribution is -2.38. The summed E-state index contributed by atoms with van der Waals surface area (Å²) in [7, 11) is 0. The largest absolute Gasteiger partial charge is 0.464 e. The molecule has 0 heterocycles. The number of benzene rings is 1. The van der Waals surface area contributed by atoms with Gasteiger partial charge in [0.1, 0.15) is 13.2 Å². The van der Waals surface area contributed by atoms with Crippen LogP contribution in [0, 0.1) is 0 Å². The summed E-state index contributed by atoms with van der Waals surface area (Å²) >= 11 is 0. The first-order valence-electron chi connectivity index (χ1n) is 6.72. The Hall–Kier alpha value is -2.04. The molecule has 1 unspecified atom stereocenters. The van der Waals surface area contributed by atoms with Gasteiger partial charge in [0.15, 0.2) is 0 Å². The molecule has 1 amide bonds. The fourth-order valence-electron chi connectivity index (χ4n) is 1.70. The molecule has 0 aromatic heterocycles. The summed E-state index contributed by atoms with van der Waals surface area (Å²) < 4.78 is 10.0. The smallest absolute Gasteiger partial charge is 0.407 e. The van der Waals surface area contributed by atoms with Gasteiger partial charge in [-0.3, -0.25) is 4.79 Å². The summed E-state index contributed by atoms with van der Waals surface area (Å²) in [6, 6.07) is 9.23. The van der Waals surface area contributed by atoms with Gasteiger partial charge in [-0.2, -0.15) is 0 Å². The van der Waals surface area contributed by atoms with Gasteiger partial charge in [-0.15, -0.1) is 0 Å². The lowest BCUT2D eigenvalue weighted by molar-refractivity contribution is -0.141. The Kier molecular flexibility index (Phi) is 7.17. The van der Waals surface area contributed by atoms with Gasteiger partial charge in [0.2, 0.25) is 0 Å². The minimum atomic E-state index is -0.501. The Morgan fingerprint density at radius 3 is 2.50 bits per heavy atom. The number of amides is 1. The molecule has 1 aromatic carbocycles. The second-order valence-corrected chi connectivity index (χ2v) is 4.49. The summed E-state index contributed by atoms with van der Waals surface area (Å²) in [6.45, 7) is 3.73. The van der Waals surface area contributed by atoms with E-state index in [-0.39, 0.29) is 25.2 Å². The van der Waals surface area contributed by atoms with Crippen LogP contribution in [0.25, 0.3) is 0 Å². The number of carbonyl (C=O) groups is 2. The Morgan fingerprint density at radius 2 is 1.90 bits per heavy atom. The van der Waals surface area contributed by atoms with Crippen LogP contribution in [0.2, 0.25) is 0 Å². The lowest BCUT2D eigenvalue weighted by atomic mass is 10.2. The maximum atomic E-state index is 11.7. The molecular formula is C15H21NO4. The summed E-state index contributed by atoms with van der Waals surface area (Å²) in [4.78, 5) is 22.5. The van der Waals surface area contributed by atoms with E-state index in [1.807, 2.05) is 37.3 Å². The molecule has 5 nitrogen and oxygen atoms in total.